The Labute approximate surface area is 160 Å². The summed E-state index contributed by atoms with van der Waals surface area (Å²) in [5.41, 5.74) is 6.78. The van der Waals surface area contributed by atoms with E-state index in [1.54, 1.807) is 30.7 Å². The molecule has 5 N–H and O–H groups in total. The maximum absolute atomic E-state index is 12.1. The van der Waals surface area contributed by atoms with Crippen LogP contribution in [-0.2, 0) is 14.4 Å². The van der Waals surface area contributed by atoms with E-state index in [1.807, 2.05) is 0 Å². The van der Waals surface area contributed by atoms with Crippen LogP contribution in [-0.4, -0.2) is 30.3 Å². The van der Waals surface area contributed by atoms with Crippen molar-refractivity contribution in [1.82, 2.24) is 5.32 Å². The highest BCUT2D eigenvalue weighted by Crippen LogP contribution is 2.26. The molecule has 0 heterocycles. The summed E-state index contributed by atoms with van der Waals surface area (Å²) in [5, 5.41) is 8.43. The molecule has 7 heteroatoms. The topological polar surface area (TPSA) is 113 Å². The molecule has 1 aliphatic rings. The zero-order chi connectivity index (χ0) is 19.6. The molecule has 2 rings (SSSR count). The Balaban J connectivity index is 1.81. The molecule has 1 fully saturated rings. The second-order valence-electron chi connectivity index (χ2n) is 7.05. The molecular weight excluding hydrogens is 344 g/mol. The second kappa shape index (κ2) is 10.5. The van der Waals surface area contributed by atoms with Crippen molar-refractivity contribution in [3.8, 4) is 0 Å². The van der Waals surface area contributed by atoms with Crippen molar-refractivity contribution < 1.29 is 14.4 Å². The molecule has 1 atom stereocenters. The Morgan fingerprint density at radius 3 is 2.56 bits per heavy atom. The van der Waals surface area contributed by atoms with Gasteiger partial charge in [0.05, 0.1) is 0 Å². The van der Waals surface area contributed by atoms with Gasteiger partial charge in [0.15, 0.2) is 0 Å². The van der Waals surface area contributed by atoms with Gasteiger partial charge in [-0.15, -0.1) is 0 Å². The largest absolute Gasteiger partial charge is 0.382 e. The Kier molecular flexibility index (Phi) is 8.10. The standard InChI is InChI=1S/C20H29N4O3/c1-14(25)23-17-9-5-8-16(12-17)22-13-18(20(21)27)24-19(26)11-10-15-6-3-2-4-7-15/h5,8-9,11-12,15,18,22H,2-4,6-7,10,13H2,1H3,(H2,21,27)(H,23,25)(H,24,26). The molecule has 1 aliphatic carbocycles. The van der Waals surface area contributed by atoms with Gasteiger partial charge in [-0.3, -0.25) is 14.4 Å². The Morgan fingerprint density at radius 2 is 1.89 bits per heavy atom. The normalized spacial score (nSPS) is 15.6. The van der Waals surface area contributed by atoms with Gasteiger partial charge in [-0.1, -0.05) is 38.2 Å². The number of rotatable bonds is 9. The predicted octanol–water partition coefficient (Wildman–Crippen LogP) is 2.20. The zero-order valence-electron chi connectivity index (χ0n) is 15.8. The molecule has 1 saturated carbocycles. The average Bonchev–Trinajstić information content (AvgIpc) is 2.64. The lowest BCUT2D eigenvalue weighted by molar-refractivity contribution is -0.125. The molecule has 3 amide bonds. The third kappa shape index (κ3) is 7.68. The van der Waals surface area contributed by atoms with Gasteiger partial charge >= 0.3 is 0 Å². The highest BCUT2D eigenvalue weighted by Gasteiger charge is 2.20. The van der Waals surface area contributed by atoms with Crippen molar-refractivity contribution in [3.05, 3.63) is 30.7 Å². The van der Waals surface area contributed by atoms with Crippen LogP contribution in [0.5, 0.6) is 0 Å². The van der Waals surface area contributed by atoms with Crippen molar-refractivity contribution >= 4 is 29.1 Å². The van der Waals surface area contributed by atoms with Gasteiger partial charge in [0.25, 0.3) is 0 Å². The van der Waals surface area contributed by atoms with Crippen LogP contribution in [0, 0.1) is 12.3 Å². The minimum Gasteiger partial charge on any atom is -0.382 e. The molecule has 0 bridgehead atoms. The van der Waals surface area contributed by atoms with Crippen molar-refractivity contribution in [3.63, 3.8) is 0 Å². The minimum atomic E-state index is -0.815. The van der Waals surface area contributed by atoms with Crippen molar-refractivity contribution in [2.24, 2.45) is 11.7 Å². The van der Waals surface area contributed by atoms with Crippen LogP contribution in [0.3, 0.4) is 0 Å². The minimum absolute atomic E-state index is 0.164. The fourth-order valence-electron chi connectivity index (χ4n) is 3.28. The Morgan fingerprint density at radius 1 is 1.19 bits per heavy atom. The molecule has 0 aromatic heterocycles. The molecule has 1 radical (unpaired) electrons. The molecule has 1 aromatic rings. The lowest BCUT2D eigenvalue weighted by Gasteiger charge is -2.22. The molecule has 1 aromatic carbocycles. The summed E-state index contributed by atoms with van der Waals surface area (Å²) in [7, 11) is 0. The number of carbonyl (C=O) groups excluding carboxylic acids is 3. The van der Waals surface area contributed by atoms with Crippen molar-refractivity contribution in [2.75, 3.05) is 17.2 Å². The molecule has 0 spiro atoms. The van der Waals surface area contributed by atoms with E-state index in [-0.39, 0.29) is 18.4 Å². The molecular formula is C20H29N4O3. The Hall–Kier alpha value is -2.57. The van der Waals surface area contributed by atoms with E-state index in [0.717, 1.165) is 19.3 Å². The van der Waals surface area contributed by atoms with Crippen LogP contribution in [0.25, 0.3) is 0 Å². The number of benzene rings is 1. The van der Waals surface area contributed by atoms with Gasteiger partial charge in [0.2, 0.25) is 17.7 Å². The summed E-state index contributed by atoms with van der Waals surface area (Å²) in [6.07, 6.45) is 8.43. The number of nitrogens with one attached hydrogen (secondary N) is 3. The summed E-state index contributed by atoms with van der Waals surface area (Å²) < 4.78 is 0. The molecule has 27 heavy (non-hydrogen) atoms. The third-order valence-corrected chi connectivity index (χ3v) is 4.71. The number of nitrogens with two attached hydrogens (primary N) is 1. The fourth-order valence-corrected chi connectivity index (χ4v) is 3.28. The first-order chi connectivity index (χ1) is 12.9. The highest BCUT2D eigenvalue weighted by molar-refractivity contribution is 5.91. The molecule has 0 aliphatic heterocycles. The van der Waals surface area contributed by atoms with Gasteiger partial charge in [-0.05, 0) is 30.5 Å². The quantitative estimate of drug-likeness (QED) is 0.531. The van der Waals surface area contributed by atoms with Crippen LogP contribution in [0.4, 0.5) is 11.4 Å². The highest BCUT2D eigenvalue weighted by atomic mass is 16.2. The maximum Gasteiger partial charge on any atom is 0.241 e. The third-order valence-electron chi connectivity index (χ3n) is 4.71. The predicted molar refractivity (Wildman–Crippen MR) is 106 cm³/mol. The zero-order valence-corrected chi connectivity index (χ0v) is 15.8. The number of anilines is 2. The number of primary amides is 1. The molecule has 0 saturated heterocycles. The summed E-state index contributed by atoms with van der Waals surface area (Å²) >= 11 is 0. The van der Waals surface area contributed by atoms with Crippen molar-refractivity contribution in [1.29, 1.82) is 0 Å². The smallest absolute Gasteiger partial charge is 0.241 e. The Bertz CT molecular complexity index is 656. The average molecular weight is 373 g/mol. The number of carbonyl (C=O) groups is 3. The lowest BCUT2D eigenvalue weighted by atomic mass is 9.86. The second-order valence-corrected chi connectivity index (χ2v) is 7.05. The van der Waals surface area contributed by atoms with Crippen LogP contribution in [0.1, 0.15) is 45.4 Å². The van der Waals surface area contributed by atoms with Gasteiger partial charge in [0, 0.05) is 31.3 Å². The van der Waals surface area contributed by atoms with Gasteiger partial charge in [-0.25, -0.2) is 0 Å². The van der Waals surface area contributed by atoms with E-state index < -0.39 is 11.9 Å². The van der Waals surface area contributed by atoms with E-state index in [2.05, 4.69) is 16.0 Å². The fraction of sp³-hybridized carbons (Fsp3) is 0.500. The van der Waals surface area contributed by atoms with Gasteiger partial charge < -0.3 is 21.7 Å². The molecule has 7 nitrogen and oxygen atoms in total. The monoisotopic (exact) mass is 373 g/mol. The number of amides is 3. The molecule has 1 unspecified atom stereocenters. The summed E-state index contributed by atoms with van der Waals surface area (Å²) in [6.45, 7) is 1.60. The number of hydrogen-bond donors (Lipinski definition) is 4. The van der Waals surface area contributed by atoms with Crippen LogP contribution in [0.15, 0.2) is 24.3 Å². The first-order valence-electron chi connectivity index (χ1n) is 9.48. The van der Waals surface area contributed by atoms with Crippen LogP contribution in [0.2, 0.25) is 0 Å². The van der Waals surface area contributed by atoms with E-state index in [4.69, 9.17) is 5.73 Å². The van der Waals surface area contributed by atoms with Crippen molar-refractivity contribution in [2.45, 2.75) is 51.5 Å². The van der Waals surface area contributed by atoms with Gasteiger partial charge in [-0.2, -0.15) is 0 Å². The van der Waals surface area contributed by atoms with E-state index in [0.29, 0.717) is 17.3 Å². The SMILES string of the molecule is CC(=O)Nc1cccc(NCC(NC(=O)[CH]CC2CCCCC2)C(N)=O)c1. The van der Waals surface area contributed by atoms with Crippen LogP contribution >= 0.6 is 0 Å². The van der Waals surface area contributed by atoms with Crippen LogP contribution < -0.4 is 21.7 Å². The maximum atomic E-state index is 12.1. The first kappa shape index (κ1) is 20.7. The van der Waals surface area contributed by atoms with E-state index in [9.17, 15) is 14.4 Å². The first-order valence-corrected chi connectivity index (χ1v) is 9.48. The number of hydrogen-bond acceptors (Lipinski definition) is 4. The van der Waals surface area contributed by atoms with E-state index >= 15 is 0 Å². The summed E-state index contributed by atoms with van der Waals surface area (Å²) in [6, 6.07) is 6.28. The lowest BCUT2D eigenvalue weighted by Crippen LogP contribution is -2.48. The van der Waals surface area contributed by atoms with Gasteiger partial charge in [0.1, 0.15) is 6.04 Å². The molecule has 147 valence electrons. The summed E-state index contributed by atoms with van der Waals surface area (Å²) in [5.74, 6) is -0.466. The van der Waals surface area contributed by atoms with E-state index in [1.165, 1.54) is 26.2 Å². The summed E-state index contributed by atoms with van der Waals surface area (Å²) in [4.78, 5) is 34.9.